The van der Waals surface area contributed by atoms with Crippen LogP contribution in [0.3, 0.4) is 0 Å². The molecule has 0 bridgehead atoms. The highest BCUT2D eigenvalue weighted by Gasteiger charge is 2.15. The molecule has 1 aliphatic heterocycles. The third-order valence-electron chi connectivity index (χ3n) is 3.26. The molecule has 0 radical (unpaired) electrons. The Balaban J connectivity index is 1.60. The van der Waals surface area contributed by atoms with Gasteiger partial charge < -0.3 is 20.5 Å². The molecular formula is C15H21ClN2O3. The summed E-state index contributed by atoms with van der Waals surface area (Å²) < 4.78 is 11.0. The van der Waals surface area contributed by atoms with Gasteiger partial charge in [-0.1, -0.05) is 11.6 Å². The summed E-state index contributed by atoms with van der Waals surface area (Å²) in [5.41, 5.74) is 6.61. The Hall–Kier alpha value is -1.30. The number of rotatable bonds is 7. The van der Waals surface area contributed by atoms with Crippen molar-refractivity contribution in [1.82, 2.24) is 5.32 Å². The zero-order valence-corrected chi connectivity index (χ0v) is 12.7. The van der Waals surface area contributed by atoms with Crippen molar-refractivity contribution >= 4 is 23.2 Å². The monoisotopic (exact) mass is 312 g/mol. The van der Waals surface area contributed by atoms with Crippen LogP contribution in [0.2, 0.25) is 5.02 Å². The molecule has 0 aromatic heterocycles. The van der Waals surface area contributed by atoms with E-state index in [2.05, 4.69) is 5.32 Å². The van der Waals surface area contributed by atoms with Crippen molar-refractivity contribution in [2.24, 2.45) is 0 Å². The molecule has 1 fully saturated rings. The van der Waals surface area contributed by atoms with Gasteiger partial charge in [-0.2, -0.15) is 0 Å². The second-order valence-electron chi connectivity index (χ2n) is 5.09. The molecule has 1 amide bonds. The zero-order valence-electron chi connectivity index (χ0n) is 11.9. The molecule has 1 aromatic carbocycles. The Morgan fingerprint density at radius 2 is 2.33 bits per heavy atom. The first kappa shape index (κ1) is 16.1. The number of hydrogen-bond donors (Lipinski definition) is 2. The van der Waals surface area contributed by atoms with E-state index in [1.165, 1.54) is 0 Å². The molecule has 1 atom stereocenters. The fourth-order valence-electron chi connectivity index (χ4n) is 2.21. The lowest BCUT2D eigenvalue weighted by Gasteiger charge is -2.10. The normalized spacial score (nSPS) is 17.9. The van der Waals surface area contributed by atoms with Gasteiger partial charge in [-0.25, -0.2) is 0 Å². The molecule has 1 unspecified atom stereocenters. The number of carbonyl (C=O) groups is 1. The number of ether oxygens (including phenoxy) is 2. The maximum Gasteiger partial charge on any atom is 0.251 e. The standard InChI is InChI=1S/C15H21ClN2O3/c16-12-7-11(8-13(17)9-12)15(19)18-4-2-5-20-10-14-3-1-6-21-14/h7-9,14H,1-6,10,17H2,(H,18,19). The van der Waals surface area contributed by atoms with E-state index in [0.29, 0.717) is 36.0 Å². The number of nitrogens with one attached hydrogen (secondary N) is 1. The summed E-state index contributed by atoms with van der Waals surface area (Å²) in [6.07, 6.45) is 3.20. The van der Waals surface area contributed by atoms with E-state index in [4.69, 9.17) is 26.8 Å². The summed E-state index contributed by atoms with van der Waals surface area (Å²) >= 11 is 5.87. The van der Waals surface area contributed by atoms with E-state index >= 15 is 0 Å². The van der Waals surface area contributed by atoms with Gasteiger partial charge in [-0.15, -0.1) is 0 Å². The highest BCUT2D eigenvalue weighted by atomic mass is 35.5. The smallest absolute Gasteiger partial charge is 0.251 e. The minimum absolute atomic E-state index is 0.177. The molecule has 2 rings (SSSR count). The molecule has 21 heavy (non-hydrogen) atoms. The molecule has 0 spiro atoms. The summed E-state index contributed by atoms with van der Waals surface area (Å²) in [6, 6.07) is 4.81. The minimum Gasteiger partial charge on any atom is -0.399 e. The van der Waals surface area contributed by atoms with Crippen LogP contribution in [0.15, 0.2) is 18.2 Å². The van der Waals surface area contributed by atoms with Crippen LogP contribution in [0.4, 0.5) is 5.69 Å². The number of benzene rings is 1. The number of nitrogens with two attached hydrogens (primary N) is 1. The minimum atomic E-state index is -0.177. The van der Waals surface area contributed by atoms with Gasteiger partial charge in [-0.3, -0.25) is 4.79 Å². The Bertz CT molecular complexity index is 456. The maximum absolute atomic E-state index is 11.9. The first-order chi connectivity index (χ1) is 10.1. The molecule has 0 saturated carbocycles. The average molecular weight is 313 g/mol. The van der Waals surface area contributed by atoms with Gasteiger partial charge in [0.2, 0.25) is 0 Å². The van der Waals surface area contributed by atoms with Gasteiger partial charge in [-0.05, 0) is 37.5 Å². The van der Waals surface area contributed by atoms with Gasteiger partial charge in [0.1, 0.15) is 0 Å². The zero-order chi connectivity index (χ0) is 15.1. The number of anilines is 1. The van der Waals surface area contributed by atoms with Crippen molar-refractivity contribution < 1.29 is 14.3 Å². The molecule has 0 aliphatic carbocycles. The molecule has 1 heterocycles. The predicted octanol–water partition coefficient (Wildman–Crippen LogP) is 2.24. The third kappa shape index (κ3) is 5.53. The van der Waals surface area contributed by atoms with Gasteiger partial charge in [0.25, 0.3) is 5.91 Å². The molecule has 1 aliphatic rings. The van der Waals surface area contributed by atoms with Crippen molar-refractivity contribution in [3.05, 3.63) is 28.8 Å². The van der Waals surface area contributed by atoms with Crippen LogP contribution >= 0.6 is 11.6 Å². The average Bonchev–Trinajstić information content (AvgIpc) is 2.94. The number of nitrogen functional groups attached to an aromatic ring is 1. The van der Waals surface area contributed by atoms with Crippen molar-refractivity contribution in [2.45, 2.75) is 25.4 Å². The molecule has 1 aromatic rings. The Labute approximate surface area is 129 Å². The van der Waals surface area contributed by atoms with Crippen LogP contribution in [0.5, 0.6) is 0 Å². The molecule has 116 valence electrons. The van der Waals surface area contributed by atoms with Crippen LogP contribution in [0, 0.1) is 0 Å². The van der Waals surface area contributed by atoms with Crippen molar-refractivity contribution in [1.29, 1.82) is 0 Å². The number of hydrogen-bond acceptors (Lipinski definition) is 4. The van der Waals surface area contributed by atoms with Gasteiger partial charge in [0.15, 0.2) is 0 Å². The van der Waals surface area contributed by atoms with Gasteiger partial charge in [0, 0.05) is 36.0 Å². The number of halogens is 1. The summed E-state index contributed by atoms with van der Waals surface area (Å²) in [6.45, 7) is 2.64. The highest BCUT2D eigenvalue weighted by molar-refractivity contribution is 6.31. The Morgan fingerprint density at radius 3 is 3.05 bits per heavy atom. The molecule has 6 heteroatoms. The molecule has 3 N–H and O–H groups in total. The van der Waals surface area contributed by atoms with E-state index in [1.807, 2.05) is 0 Å². The summed E-state index contributed by atoms with van der Waals surface area (Å²) in [5.74, 6) is -0.177. The highest BCUT2D eigenvalue weighted by Crippen LogP contribution is 2.16. The number of carbonyl (C=O) groups excluding carboxylic acids is 1. The summed E-state index contributed by atoms with van der Waals surface area (Å²) in [7, 11) is 0. The first-order valence-electron chi connectivity index (χ1n) is 7.19. The predicted molar refractivity (Wildman–Crippen MR) is 82.6 cm³/mol. The van der Waals surface area contributed by atoms with E-state index in [1.54, 1.807) is 18.2 Å². The van der Waals surface area contributed by atoms with Crippen LogP contribution in [-0.4, -0.2) is 38.4 Å². The van der Waals surface area contributed by atoms with E-state index in [-0.39, 0.29) is 12.0 Å². The lowest BCUT2D eigenvalue weighted by Crippen LogP contribution is -2.25. The lowest BCUT2D eigenvalue weighted by atomic mass is 10.2. The van der Waals surface area contributed by atoms with Crippen LogP contribution in [-0.2, 0) is 9.47 Å². The maximum atomic E-state index is 11.9. The van der Waals surface area contributed by atoms with Crippen molar-refractivity contribution in [3.63, 3.8) is 0 Å². The quantitative estimate of drug-likeness (QED) is 0.598. The molecular weight excluding hydrogens is 292 g/mol. The number of amides is 1. The van der Waals surface area contributed by atoms with E-state index < -0.39 is 0 Å². The van der Waals surface area contributed by atoms with E-state index in [9.17, 15) is 4.79 Å². The SMILES string of the molecule is Nc1cc(Cl)cc(C(=O)NCCCOCC2CCCO2)c1. The second-order valence-corrected chi connectivity index (χ2v) is 5.53. The van der Waals surface area contributed by atoms with Crippen molar-refractivity contribution in [3.8, 4) is 0 Å². The second kappa shape index (κ2) is 8.22. The van der Waals surface area contributed by atoms with Crippen LogP contribution < -0.4 is 11.1 Å². The first-order valence-corrected chi connectivity index (χ1v) is 7.56. The van der Waals surface area contributed by atoms with Gasteiger partial charge in [0.05, 0.1) is 12.7 Å². The largest absolute Gasteiger partial charge is 0.399 e. The Morgan fingerprint density at radius 1 is 1.48 bits per heavy atom. The van der Waals surface area contributed by atoms with E-state index in [0.717, 1.165) is 25.9 Å². The van der Waals surface area contributed by atoms with Gasteiger partial charge >= 0.3 is 0 Å². The summed E-state index contributed by atoms with van der Waals surface area (Å²) in [5, 5.41) is 3.28. The lowest BCUT2D eigenvalue weighted by molar-refractivity contribution is 0.0166. The van der Waals surface area contributed by atoms with Crippen LogP contribution in [0.25, 0.3) is 0 Å². The topological polar surface area (TPSA) is 73.6 Å². The molecule has 1 saturated heterocycles. The molecule has 5 nitrogen and oxygen atoms in total. The third-order valence-corrected chi connectivity index (χ3v) is 3.48. The Kier molecular flexibility index (Phi) is 6.29. The summed E-state index contributed by atoms with van der Waals surface area (Å²) in [4.78, 5) is 11.9. The van der Waals surface area contributed by atoms with Crippen LogP contribution in [0.1, 0.15) is 29.6 Å². The fraction of sp³-hybridized carbons (Fsp3) is 0.533. The fourth-order valence-corrected chi connectivity index (χ4v) is 2.46. The van der Waals surface area contributed by atoms with Crippen molar-refractivity contribution in [2.75, 3.05) is 32.1 Å².